The Morgan fingerprint density at radius 2 is 1.59 bits per heavy atom. The molecule has 2 N–H and O–H groups in total. The van der Waals surface area contributed by atoms with E-state index in [0.29, 0.717) is 19.7 Å². The summed E-state index contributed by atoms with van der Waals surface area (Å²) in [6.07, 6.45) is 1.37. The molecule has 0 amide bonds. The summed E-state index contributed by atoms with van der Waals surface area (Å²) < 4.78 is 17.9. The summed E-state index contributed by atoms with van der Waals surface area (Å²) in [5.41, 5.74) is 1.95. The maximum Gasteiger partial charge on any atom is 0.307 e. The molecule has 0 bridgehead atoms. The van der Waals surface area contributed by atoms with Gasteiger partial charge < -0.3 is 29.3 Å². The molecule has 0 spiro atoms. The summed E-state index contributed by atoms with van der Waals surface area (Å²) in [5.74, 6) is -0.307. The first-order valence-corrected chi connectivity index (χ1v) is 10.7. The number of hydrogen-bond donors (Lipinski definition) is 2. The van der Waals surface area contributed by atoms with Crippen molar-refractivity contribution >= 4 is 11.9 Å². The number of ether oxygens (including phenoxy) is 3. The predicted octanol–water partition coefficient (Wildman–Crippen LogP) is 3.41. The van der Waals surface area contributed by atoms with Crippen molar-refractivity contribution in [2.24, 2.45) is 5.92 Å². The zero-order chi connectivity index (χ0) is 22.9. The summed E-state index contributed by atoms with van der Waals surface area (Å²) in [6.45, 7) is 3.94. The number of rotatable bonds is 5. The molecule has 1 saturated heterocycles. The van der Waals surface area contributed by atoms with E-state index >= 15 is 0 Å². The number of fused-ring (bicyclic) bond motifs is 2. The van der Waals surface area contributed by atoms with Crippen molar-refractivity contribution in [2.75, 3.05) is 33.0 Å². The number of carboxylic acids is 2. The Morgan fingerprint density at radius 1 is 1.03 bits per heavy atom. The number of aliphatic carboxylic acids is 2. The van der Waals surface area contributed by atoms with Crippen LogP contribution in [0.15, 0.2) is 48.5 Å². The molecule has 2 aliphatic rings. The van der Waals surface area contributed by atoms with Crippen molar-refractivity contribution < 1.29 is 34.0 Å². The van der Waals surface area contributed by atoms with Gasteiger partial charge in [-0.25, -0.2) is 0 Å². The van der Waals surface area contributed by atoms with Crippen LogP contribution in [0.1, 0.15) is 37.0 Å². The maximum atomic E-state index is 11.3. The third-order valence-electron chi connectivity index (χ3n) is 5.38. The molecule has 2 aromatic carbocycles. The Balaban J connectivity index is 0.000000668. The normalized spacial score (nSPS) is 18.3. The van der Waals surface area contributed by atoms with Gasteiger partial charge in [0.05, 0.1) is 12.5 Å². The first-order valence-electron chi connectivity index (χ1n) is 10.7. The minimum absolute atomic E-state index is 0.158. The molecule has 172 valence electrons. The second-order valence-corrected chi connectivity index (χ2v) is 7.73. The largest absolute Gasteiger partial charge is 0.481 e. The molecule has 2 heterocycles. The third-order valence-corrected chi connectivity index (χ3v) is 5.38. The number of likely N-dealkylation sites (tertiary alicyclic amines) is 1. The summed E-state index contributed by atoms with van der Waals surface area (Å²) in [7, 11) is 0. The molecule has 4 rings (SSSR count). The van der Waals surface area contributed by atoms with Crippen molar-refractivity contribution in [1.29, 1.82) is 0 Å². The zero-order valence-electron chi connectivity index (χ0n) is 18.1. The summed E-state index contributed by atoms with van der Waals surface area (Å²) >= 11 is 0. The lowest BCUT2D eigenvalue weighted by molar-refractivity contribution is -0.143. The number of carbonyl (C=O) groups is 2. The molecular formula is C24H29NO7. The van der Waals surface area contributed by atoms with Gasteiger partial charge in [0.15, 0.2) is 0 Å². The molecule has 1 atom stereocenters. The Bertz CT molecular complexity index is 865. The average Bonchev–Trinajstić information content (AvgIpc) is 2.76. The van der Waals surface area contributed by atoms with Crippen molar-refractivity contribution in [3.63, 3.8) is 0 Å². The smallest absolute Gasteiger partial charge is 0.307 e. The van der Waals surface area contributed by atoms with Crippen LogP contribution in [0.4, 0.5) is 0 Å². The van der Waals surface area contributed by atoms with Crippen molar-refractivity contribution in [2.45, 2.75) is 25.9 Å². The Kier molecular flexibility index (Phi) is 8.47. The first kappa shape index (κ1) is 23.6. The molecule has 32 heavy (non-hydrogen) atoms. The first-order chi connectivity index (χ1) is 15.5. The lowest BCUT2D eigenvalue weighted by Crippen LogP contribution is -2.40. The predicted molar refractivity (Wildman–Crippen MR) is 117 cm³/mol. The molecule has 0 radical (unpaired) electrons. The highest BCUT2D eigenvalue weighted by atomic mass is 16.7. The van der Waals surface area contributed by atoms with E-state index in [0.717, 1.165) is 48.9 Å². The average molecular weight is 443 g/mol. The van der Waals surface area contributed by atoms with Gasteiger partial charge in [-0.1, -0.05) is 36.4 Å². The Labute approximate surface area is 187 Å². The lowest BCUT2D eigenvalue weighted by Gasteiger charge is -2.31. The monoisotopic (exact) mass is 443 g/mol. The van der Waals surface area contributed by atoms with Gasteiger partial charge in [0.2, 0.25) is 6.79 Å². The summed E-state index contributed by atoms with van der Waals surface area (Å²) in [5, 5.41) is 16.7. The van der Waals surface area contributed by atoms with Crippen LogP contribution in [0.2, 0.25) is 0 Å². The topological polar surface area (TPSA) is 106 Å². The van der Waals surface area contributed by atoms with Gasteiger partial charge in [0.25, 0.3) is 5.97 Å². The molecule has 0 unspecified atom stereocenters. The van der Waals surface area contributed by atoms with Crippen molar-refractivity contribution in [3.05, 3.63) is 59.7 Å². The molecule has 1 fully saturated rings. The highest BCUT2D eigenvalue weighted by molar-refractivity contribution is 5.70. The highest BCUT2D eigenvalue weighted by Crippen LogP contribution is 2.38. The number of hydrogen-bond acceptors (Lipinski definition) is 6. The van der Waals surface area contributed by atoms with E-state index in [9.17, 15) is 9.90 Å². The van der Waals surface area contributed by atoms with Gasteiger partial charge in [-0.3, -0.25) is 9.59 Å². The SMILES string of the molecule is CC(=O)O.O=C(O)[C@@H]1CCCN(CCOC2c3ccccc3OCOc3ccccc32)C1. The van der Waals surface area contributed by atoms with Gasteiger partial charge in [-0.2, -0.15) is 0 Å². The Morgan fingerprint density at radius 3 is 2.16 bits per heavy atom. The second kappa shape index (κ2) is 11.5. The quantitative estimate of drug-likeness (QED) is 0.724. The van der Waals surface area contributed by atoms with Crippen LogP contribution in [0.5, 0.6) is 11.5 Å². The zero-order valence-corrected chi connectivity index (χ0v) is 18.1. The number of nitrogens with zero attached hydrogens (tertiary/aromatic N) is 1. The standard InChI is InChI=1S/C22H25NO5.C2H4O2/c24-22(25)16-6-5-11-23(14-16)12-13-26-21-17-7-1-3-9-19(17)27-15-28-20-10-4-2-8-18(20)21;1-2(3)4/h1-4,7-10,16,21H,5-6,11-15H2,(H,24,25);1H3,(H,3,4)/t16-;/m1./s1. The van der Waals surface area contributed by atoms with Crippen molar-refractivity contribution in [1.82, 2.24) is 4.90 Å². The van der Waals surface area contributed by atoms with Crippen LogP contribution >= 0.6 is 0 Å². The van der Waals surface area contributed by atoms with Crippen LogP contribution in [-0.4, -0.2) is 60.1 Å². The third kappa shape index (κ3) is 6.45. The van der Waals surface area contributed by atoms with Crippen LogP contribution in [0.3, 0.4) is 0 Å². The van der Waals surface area contributed by atoms with E-state index in [4.69, 9.17) is 24.1 Å². The fourth-order valence-electron chi connectivity index (χ4n) is 3.92. The summed E-state index contributed by atoms with van der Waals surface area (Å²) in [4.78, 5) is 22.5. The summed E-state index contributed by atoms with van der Waals surface area (Å²) in [6, 6.07) is 15.7. The van der Waals surface area contributed by atoms with E-state index in [1.165, 1.54) is 0 Å². The molecule has 0 aliphatic carbocycles. The van der Waals surface area contributed by atoms with E-state index in [1.54, 1.807) is 0 Å². The molecular weight excluding hydrogens is 414 g/mol. The van der Waals surface area contributed by atoms with Gasteiger partial charge in [0.1, 0.15) is 17.6 Å². The minimum atomic E-state index is -0.833. The van der Waals surface area contributed by atoms with Gasteiger partial charge in [-0.05, 0) is 31.5 Å². The van der Waals surface area contributed by atoms with E-state index < -0.39 is 11.9 Å². The lowest BCUT2D eigenvalue weighted by atomic mass is 9.98. The fourth-order valence-corrected chi connectivity index (χ4v) is 3.92. The van der Waals surface area contributed by atoms with Crippen LogP contribution in [-0.2, 0) is 14.3 Å². The van der Waals surface area contributed by atoms with Gasteiger partial charge in [0, 0.05) is 31.1 Å². The molecule has 2 aliphatic heterocycles. The Hall–Kier alpha value is -3.10. The van der Waals surface area contributed by atoms with Crippen LogP contribution < -0.4 is 9.47 Å². The van der Waals surface area contributed by atoms with E-state index in [2.05, 4.69) is 4.90 Å². The van der Waals surface area contributed by atoms with Gasteiger partial charge >= 0.3 is 5.97 Å². The van der Waals surface area contributed by atoms with E-state index in [-0.39, 0.29) is 18.8 Å². The second-order valence-electron chi connectivity index (χ2n) is 7.73. The molecule has 0 saturated carbocycles. The minimum Gasteiger partial charge on any atom is -0.481 e. The fraction of sp³-hybridized carbons (Fsp3) is 0.417. The van der Waals surface area contributed by atoms with Crippen LogP contribution in [0, 0.1) is 5.92 Å². The molecule has 0 aromatic heterocycles. The number of benzene rings is 2. The highest BCUT2D eigenvalue weighted by Gasteiger charge is 2.27. The number of para-hydroxylation sites is 2. The molecule has 2 aromatic rings. The van der Waals surface area contributed by atoms with Crippen LogP contribution in [0.25, 0.3) is 0 Å². The molecule has 8 heteroatoms. The number of piperidine rings is 1. The van der Waals surface area contributed by atoms with Gasteiger partial charge in [-0.15, -0.1) is 0 Å². The van der Waals surface area contributed by atoms with Crippen molar-refractivity contribution in [3.8, 4) is 11.5 Å². The molecule has 8 nitrogen and oxygen atoms in total. The maximum absolute atomic E-state index is 11.3. The number of carboxylic acid groups (broad SMARTS) is 2. The van der Waals surface area contributed by atoms with E-state index in [1.807, 2.05) is 48.5 Å².